The van der Waals surface area contributed by atoms with Gasteiger partial charge in [0.1, 0.15) is 11.4 Å². The molecule has 0 unspecified atom stereocenters. The number of benzene rings is 1. The first-order valence-electron chi connectivity index (χ1n) is 9.57. The van der Waals surface area contributed by atoms with Gasteiger partial charge >= 0.3 is 6.61 Å². The molecular weight excluding hydrogens is 366 g/mol. The summed E-state index contributed by atoms with van der Waals surface area (Å²) in [6, 6.07) is 4.67. The maximum absolute atomic E-state index is 12.9. The number of rotatable bonds is 4. The molecule has 5 nitrogen and oxygen atoms in total. The molecule has 7 heteroatoms. The highest BCUT2D eigenvalue weighted by Gasteiger charge is 2.28. The maximum Gasteiger partial charge on any atom is 0.387 e. The van der Waals surface area contributed by atoms with E-state index in [-0.39, 0.29) is 23.5 Å². The number of carbonyl (C=O) groups excluding carboxylic acids is 2. The predicted molar refractivity (Wildman–Crippen MR) is 99.0 cm³/mol. The van der Waals surface area contributed by atoms with Crippen LogP contribution in [0.1, 0.15) is 75.0 Å². The van der Waals surface area contributed by atoms with Gasteiger partial charge < -0.3 is 15.0 Å². The second-order valence-electron chi connectivity index (χ2n) is 7.41. The molecule has 2 aliphatic carbocycles. The van der Waals surface area contributed by atoms with Crippen LogP contribution in [0.15, 0.2) is 18.2 Å². The fourth-order valence-electron chi connectivity index (χ4n) is 4.35. The zero-order valence-corrected chi connectivity index (χ0v) is 15.6. The maximum atomic E-state index is 12.9. The zero-order valence-electron chi connectivity index (χ0n) is 15.6. The van der Waals surface area contributed by atoms with E-state index in [1.807, 2.05) is 0 Å². The van der Waals surface area contributed by atoms with Crippen LogP contribution in [0.25, 0.3) is 0 Å². The van der Waals surface area contributed by atoms with Crippen molar-refractivity contribution in [1.29, 1.82) is 0 Å². The lowest BCUT2D eigenvalue weighted by Gasteiger charge is -2.27. The Kier molecular flexibility index (Phi) is 4.91. The summed E-state index contributed by atoms with van der Waals surface area (Å²) in [5.74, 6) is -0.0267. The normalized spacial score (nSPS) is 18.6. The molecule has 0 spiro atoms. The van der Waals surface area contributed by atoms with Gasteiger partial charge in [0.05, 0.1) is 6.04 Å². The van der Waals surface area contributed by atoms with Crippen LogP contribution in [0.4, 0.5) is 8.78 Å². The number of fused-ring (bicyclic) bond motifs is 2. The molecule has 1 atom stereocenters. The quantitative estimate of drug-likeness (QED) is 0.823. The number of alkyl halides is 2. The van der Waals surface area contributed by atoms with Gasteiger partial charge in [-0.25, -0.2) is 0 Å². The second-order valence-corrected chi connectivity index (χ2v) is 7.41. The average molecular weight is 388 g/mol. The third-order valence-electron chi connectivity index (χ3n) is 5.62. The number of aryl methyl sites for hydroxylation is 2. The van der Waals surface area contributed by atoms with Crippen molar-refractivity contribution in [1.82, 2.24) is 10.3 Å². The van der Waals surface area contributed by atoms with E-state index in [2.05, 4.69) is 15.0 Å². The monoisotopic (exact) mass is 388 g/mol. The van der Waals surface area contributed by atoms with Gasteiger partial charge in [-0.3, -0.25) is 9.59 Å². The van der Waals surface area contributed by atoms with Crippen molar-refractivity contribution in [3.05, 3.63) is 51.8 Å². The Morgan fingerprint density at radius 3 is 2.82 bits per heavy atom. The number of hydrogen-bond acceptors (Lipinski definition) is 3. The minimum Gasteiger partial charge on any atom is -0.435 e. The van der Waals surface area contributed by atoms with Gasteiger partial charge in [0.15, 0.2) is 5.78 Å². The van der Waals surface area contributed by atoms with E-state index < -0.39 is 6.61 Å². The van der Waals surface area contributed by atoms with E-state index in [0.717, 1.165) is 48.9 Å². The number of hydrogen-bond donors (Lipinski definition) is 2. The largest absolute Gasteiger partial charge is 0.435 e. The molecule has 2 aliphatic rings. The summed E-state index contributed by atoms with van der Waals surface area (Å²) in [6.07, 6.45) is 4.46. The molecule has 0 aliphatic heterocycles. The van der Waals surface area contributed by atoms with Gasteiger partial charge in [-0.1, -0.05) is 6.07 Å². The van der Waals surface area contributed by atoms with Crippen LogP contribution in [0, 0.1) is 6.92 Å². The van der Waals surface area contributed by atoms with Gasteiger partial charge in [-0.2, -0.15) is 8.78 Å². The number of aromatic amines is 1. The molecule has 1 amide bonds. The summed E-state index contributed by atoms with van der Waals surface area (Å²) in [5, 5.41) is 3.05. The average Bonchev–Trinajstić information content (AvgIpc) is 2.99. The molecule has 1 aromatic carbocycles. The minimum absolute atomic E-state index is 0.0867. The molecule has 0 saturated heterocycles. The van der Waals surface area contributed by atoms with Crippen LogP contribution in [-0.2, 0) is 12.8 Å². The molecule has 1 aromatic heterocycles. The number of carbonyl (C=O) groups is 2. The molecule has 0 bridgehead atoms. The smallest absolute Gasteiger partial charge is 0.387 e. The molecule has 2 N–H and O–H groups in total. The van der Waals surface area contributed by atoms with Gasteiger partial charge in [0, 0.05) is 17.7 Å². The van der Waals surface area contributed by atoms with E-state index in [1.165, 1.54) is 6.07 Å². The van der Waals surface area contributed by atoms with Crippen LogP contribution < -0.4 is 10.1 Å². The van der Waals surface area contributed by atoms with Crippen molar-refractivity contribution >= 4 is 11.7 Å². The highest BCUT2D eigenvalue weighted by atomic mass is 19.3. The van der Waals surface area contributed by atoms with Gasteiger partial charge in [-0.15, -0.1) is 0 Å². The summed E-state index contributed by atoms with van der Waals surface area (Å²) in [6.45, 7) is -1.06. The second kappa shape index (κ2) is 7.37. The molecule has 148 valence electrons. The van der Waals surface area contributed by atoms with Gasteiger partial charge in [-0.05, 0) is 67.9 Å². The molecule has 4 rings (SSSR count). The molecule has 1 heterocycles. The van der Waals surface area contributed by atoms with Crippen molar-refractivity contribution in [2.45, 2.75) is 58.1 Å². The van der Waals surface area contributed by atoms with Crippen molar-refractivity contribution in [2.75, 3.05) is 0 Å². The number of H-pyrrole nitrogens is 1. The first-order valence-corrected chi connectivity index (χ1v) is 9.57. The van der Waals surface area contributed by atoms with Gasteiger partial charge in [0.2, 0.25) is 0 Å². The zero-order chi connectivity index (χ0) is 19.8. The Bertz CT molecular complexity index is 936. The van der Waals surface area contributed by atoms with E-state index in [1.54, 1.807) is 19.1 Å². The molecule has 0 radical (unpaired) electrons. The van der Waals surface area contributed by atoms with Gasteiger partial charge in [0.25, 0.3) is 5.91 Å². The summed E-state index contributed by atoms with van der Waals surface area (Å²) in [7, 11) is 0. The highest BCUT2D eigenvalue weighted by Crippen LogP contribution is 2.33. The third kappa shape index (κ3) is 3.41. The topological polar surface area (TPSA) is 71.2 Å². The number of nitrogens with one attached hydrogen (secondary N) is 2. The number of ketones is 1. The summed E-state index contributed by atoms with van der Waals surface area (Å²) in [5.41, 5.74) is 4.48. The van der Waals surface area contributed by atoms with Crippen molar-refractivity contribution in [2.24, 2.45) is 0 Å². The van der Waals surface area contributed by atoms with E-state index in [4.69, 9.17) is 0 Å². The fourth-order valence-corrected chi connectivity index (χ4v) is 4.35. The molecular formula is C21H22F2N2O3. The van der Waals surface area contributed by atoms with E-state index in [0.29, 0.717) is 23.2 Å². The van der Waals surface area contributed by atoms with Crippen LogP contribution in [0.5, 0.6) is 5.75 Å². The van der Waals surface area contributed by atoms with Crippen molar-refractivity contribution < 1.29 is 23.1 Å². The number of ether oxygens (including phenoxy) is 1. The SMILES string of the molecule is Cc1c(C(=O)N[C@H]2CCCc3cc(OC(F)F)ccc32)[nH]c2c1C(=O)CCC2. The number of halogens is 2. The van der Waals surface area contributed by atoms with Crippen LogP contribution in [0.2, 0.25) is 0 Å². The predicted octanol–water partition coefficient (Wildman–Crippen LogP) is 4.25. The lowest BCUT2D eigenvalue weighted by molar-refractivity contribution is -0.0499. The Labute approximate surface area is 161 Å². The Hall–Kier alpha value is -2.70. The highest BCUT2D eigenvalue weighted by molar-refractivity contribution is 6.04. The standard InChI is InChI=1S/C21H22F2N2O3/c1-11-18-16(6-3-7-17(18)26)24-19(11)20(27)25-15-5-2-4-12-10-13(28-21(22)23)8-9-14(12)15/h8-10,15,21,24H,2-7H2,1H3,(H,25,27)/t15-/m0/s1. The number of aromatic nitrogens is 1. The van der Waals surface area contributed by atoms with E-state index >= 15 is 0 Å². The first kappa shape index (κ1) is 18.7. The molecule has 0 fully saturated rings. The number of amides is 1. The van der Waals surface area contributed by atoms with Crippen LogP contribution in [-0.4, -0.2) is 23.3 Å². The van der Waals surface area contributed by atoms with Crippen LogP contribution >= 0.6 is 0 Å². The van der Waals surface area contributed by atoms with Crippen LogP contribution in [0.3, 0.4) is 0 Å². The summed E-state index contributed by atoms with van der Waals surface area (Å²) in [4.78, 5) is 28.2. The minimum atomic E-state index is -2.86. The van der Waals surface area contributed by atoms with E-state index in [9.17, 15) is 18.4 Å². The molecule has 0 saturated carbocycles. The van der Waals surface area contributed by atoms with Crippen molar-refractivity contribution in [3.63, 3.8) is 0 Å². The third-order valence-corrected chi connectivity index (χ3v) is 5.62. The number of Topliss-reactive ketones (excluding diaryl/α,β-unsaturated/α-hetero) is 1. The first-order chi connectivity index (χ1) is 13.4. The van der Waals surface area contributed by atoms with Crippen molar-refractivity contribution in [3.8, 4) is 5.75 Å². The lowest BCUT2D eigenvalue weighted by atomic mass is 9.87. The molecule has 2 aromatic rings. The Morgan fingerprint density at radius 2 is 2.07 bits per heavy atom. The Balaban J connectivity index is 1.56. The lowest BCUT2D eigenvalue weighted by Crippen LogP contribution is -2.31. The molecule has 28 heavy (non-hydrogen) atoms. The Morgan fingerprint density at radius 1 is 1.25 bits per heavy atom. The summed E-state index contributed by atoms with van der Waals surface area (Å²) < 4.78 is 29.4. The fraction of sp³-hybridized carbons (Fsp3) is 0.429. The summed E-state index contributed by atoms with van der Waals surface area (Å²) >= 11 is 0.